The molecule has 0 aromatic carbocycles. The standard InChI is InChI=1S/C22H44O11Si4/c1-18(2)22(29)30-13-9-14-37(31-34(3,4)15-10-19(23)24,32-35(5,6)16-11-20(25)26)33-36(7,8)17-12-21(27)28/h1,9-17H2,2-8H3,(H,23,24)(H,25,26)(H,27,28). The summed E-state index contributed by atoms with van der Waals surface area (Å²) in [5, 5.41) is 27.7. The Bertz CT molecular complexity index is 749. The van der Waals surface area contributed by atoms with Crippen molar-refractivity contribution in [3.8, 4) is 0 Å². The summed E-state index contributed by atoms with van der Waals surface area (Å²) in [6.45, 7) is 16.4. The smallest absolute Gasteiger partial charge is 0.469 e. The van der Waals surface area contributed by atoms with Gasteiger partial charge in [-0.2, -0.15) is 0 Å². The maximum Gasteiger partial charge on any atom is 0.469 e. The molecule has 3 N–H and O–H groups in total. The zero-order valence-corrected chi connectivity index (χ0v) is 27.2. The first-order chi connectivity index (χ1) is 16.7. The molecule has 0 fully saturated rings. The fraction of sp³-hybridized carbons (Fsp3) is 0.727. The monoisotopic (exact) mass is 596 g/mol. The predicted molar refractivity (Wildman–Crippen MR) is 148 cm³/mol. The molecule has 0 spiro atoms. The Morgan fingerprint density at radius 3 is 1.24 bits per heavy atom. The molecular formula is C22H44O11Si4. The zero-order valence-electron chi connectivity index (χ0n) is 23.2. The van der Waals surface area contributed by atoms with E-state index in [0.29, 0.717) is 24.6 Å². The minimum Gasteiger partial charge on any atom is -0.481 e. The highest BCUT2D eigenvalue weighted by atomic mass is 28.5. The van der Waals surface area contributed by atoms with Crippen LogP contribution in [0.3, 0.4) is 0 Å². The first-order valence-corrected chi connectivity index (χ1v) is 23.6. The Morgan fingerprint density at radius 2 is 0.973 bits per heavy atom. The van der Waals surface area contributed by atoms with Crippen molar-refractivity contribution >= 4 is 57.6 Å². The molecule has 0 saturated carbocycles. The Morgan fingerprint density at radius 1 is 0.649 bits per heavy atom. The van der Waals surface area contributed by atoms with E-state index in [2.05, 4.69) is 6.58 Å². The van der Waals surface area contributed by atoms with Crippen LogP contribution in [0.4, 0.5) is 0 Å². The Balaban J connectivity index is 6.26. The summed E-state index contributed by atoms with van der Waals surface area (Å²) in [7, 11) is -11.6. The number of aliphatic carboxylic acids is 3. The molecular weight excluding hydrogens is 553 g/mol. The highest BCUT2D eigenvalue weighted by Crippen LogP contribution is 2.34. The molecule has 0 aliphatic heterocycles. The second-order valence-corrected chi connectivity index (χ2v) is 27.3. The van der Waals surface area contributed by atoms with E-state index in [1.807, 2.05) is 39.3 Å². The summed E-state index contributed by atoms with van der Waals surface area (Å²) in [5.74, 6) is -3.37. The maximum atomic E-state index is 11.9. The van der Waals surface area contributed by atoms with Gasteiger partial charge in [-0.25, -0.2) is 4.79 Å². The number of ether oxygens (including phenoxy) is 1. The van der Waals surface area contributed by atoms with Gasteiger partial charge < -0.3 is 32.4 Å². The van der Waals surface area contributed by atoms with Gasteiger partial charge in [0.05, 0.1) is 6.61 Å². The summed E-state index contributed by atoms with van der Waals surface area (Å²) in [6, 6.07) is 1.18. The quantitative estimate of drug-likeness (QED) is 0.0782. The normalized spacial score (nSPS) is 12.7. The number of carboxylic acid groups (broad SMARTS) is 3. The van der Waals surface area contributed by atoms with Gasteiger partial charge in [-0.05, 0) is 70.8 Å². The highest BCUT2D eigenvalue weighted by Gasteiger charge is 2.52. The summed E-state index contributed by atoms with van der Waals surface area (Å²) in [6.07, 6.45) is 0.0836. The number of hydrogen-bond donors (Lipinski definition) is 3. The predicted octanol–water partition coefficient (Wildman–Crippen LogP) is 4.52. The largest absolute Gasteiger partial charge is 0.481 e. The minimum atomic E-state index is -3.62. The average Bonchev–Trinajstić information content (AvgIpc) is 2.71. The molecule has 214 valence electrons. The fourth-order valence-corrected chi connectivity index (χ4v) is 20.6. The third kappa shape index (κ3) is 16.7. The van der Waals surface area contributed by atoms with Gasteiger partial charge in [-0.1, -0.05) is 6.58 Å². The van der Waals surface area contributed by atoms with Crippen LogP contribution in [0, 0.1) is 0 Å². The van der Waals surface area contributed by atoms with Crippen molar-refractivity contribution in [2.75, 3.05) is 6.61 Å². The molecule has 0 aliphatic carbocycles. The van der Waals surface area contributed by atoms with E-state index < -0.39 is 57.6 Å². The molecule has 0 heterocycles. The van der Waals surface area contributed by atoms with E-state index in [0.717, 1.165) is 0 Å². The van der Waals surface area contributed by atoms with Crippen molar-refractivity contribution in [3.63, 3.8) is 0 Å². The van der Waals surface area contributed by atoms with Gasteiger partial charge in [0.2, 0.25) is 0 Å². The number of esters is 1. The lowest BCUT2D eigenvalue weighted by atomic mass is 10.4. The lowest BCUT2D eigenvalue weighted by Crippen LogP contribution is -2.62. The van der Waals surface area contributed by atoms with Gasteiger partial charge in [0, 0.05) is 30.9 Å². The van der Waals surface area contributed by atoms with E-state index >= 15 is 0 Å². The van der Waals surface area contributed by atoms with Crippen LogP contribution < -0.4 is 0 Å². The second-order valence-electron chi connectivity index (χ2n) is 11.0. The third-order valence-electron chi connectivity index (χ3n) is 5.33. The van der Waals surface area contributed by atoms with Crippen LogP contribution in [0.5, 0.6) is 0 Å². The van der Waals surface area contributed by atoms with Crippen LogP contribution >= 0.6 is 0 Å². The molecule has 0 aromatic rings. The van der Waals surface area contributed by atoms with Crippen LogP contribution in [-0.2, 0) is 36.3 Å². The lowest BCUT2D eigenvalue weighted by molar-refractivity contribution is -0.139. The van der Waals surface area contributed by atoms with Crippen LogP contribution in [0.2, 0.25) is 63.5 Å². The summed E-state index contributed by atoms with van der Waals surface area (Å²) < 4.78 is 25.4. The van der Waals surface area contributed by atoms with Gasteiger partial charge >= 0.3 is 32.7 Å². The molecule has 11 nitrogen and oxygen atoms in total. The van der Waals surface area contributed by atoms with Crippen LogP contribution in [0.1, 0.15) is 32.6 Å². The van der Waals surface area contributed by atoms with E-state index in [1.165, 1.54) is 0 Å². The number of carboxylic acids is 3. The van der Waals surface area contributed by atoms with Crippen LogP contribution in [0.15, 0.2) is 12.2 Å². The van der Waals surface area contributed by atoms with E-state index in [1.54, 1.807) is 6.92 Å². The summed E-state index contributed by atoms with van der Waals surface area (Å²) >= 11 is 0. The molecule has 15 heteroatoms. The topological polar surface area (TPSA) is 166 Å². The molecule has 0 atom stereocenters. The molecule has 0 aromatic heterocycles. The zero-order chi connectivity index (χ0) is 29.1. The van der Waals surface area contributed by atoms with Gasteiger partial charge in [-0.15, -0.1) is 0 Å². The fourth-order valence-electron chi connectivity index (χ4n) is 3.43. The van der Waals surface area contributed by atoms with E-state index in [-0.39, 0.29) is 37.5 Å². The third-order valence-corrected chi connectivity index (χ3v) is 21.0. The molecule has 0 aliphatic rings. The second kappa shape index (κ2) is 15.1. The van der Waals surface area contributed by atoms with Crippen molar-refractivity contribution in [2.45, 2.75) is 96.1 Å². The first kappa shape index (κ1) is 35.4. The Kier molecular flexibility index (Phi) is 14.4. The van der Waals surface area contributed by atoms with Gasteiger partial charge in [0.15, 0.2) is 25.0 Å². The van der Waals surface area contributed by atoms with Crippen molar-refractivity contribution in [2.24, 2.45) is 0 Å². The molecule has 0 amide bonds. The van der Waals surface area contributed by atoms with Crippen molar-refractivity contribution in [1.82, 2.24) is 0 Å². The van der Waals surface area contributed by atoms with Gasteiger partial charge in [0.25, 0.3) is 0 Å². The minimum absolute atomic E-state index is 0.0574. The average molecular weight is 597 g/mol. The summed E-state index contributed by atoms with van der Waals surface area (Å²) in [4.78, 5) is 45.6. The number of carbonyl (C=O) groups excluding carboxylic acids is 1. The van der Waals surface area contributed by atoms with E-state index in [4.69, 9.17) is 17.1 Å². The van der Waals surface area contributed by atoms with E-state index in [9.17, 15) is 34.5 Å². The molecule has 0 bridgehead atoms. The number of hydrogen-bond acceptors (Lipinski definition) is 8. The molecule has 37 heavy (non-hydrogen) atoms. The van der Waals surface area contributed by atoms with Crippen molar-refractivity contribution in [1.29, 1.82) is 0 Å². The molecule has 0 rings (SSSR count). The van der Waals surface area contributed by atoms with Crippen LogP contribution in [-0.4, -0.2) is 79.6 Å². The Hall–Kier alpha value is -1.63. The Labute approximate surface area is 223 Å². The molecule has 0 saturated heterocycles. The SMILES string of the molecule is C=C(C)C(=O)OCCC[Si](O[Si](C)(C)CCC(=O)O)(O[Si](C)(C)CCC(=O)O)O[Si](C)(C)CCC(=O)O. The molecule has 0 radical (unpaired) electrons. The van der Waals surface area contributed by atoms with Crippen molar-refractivity contribution < 1.29 is 51.6 Å². The number of carbonyl (C=O) groups is 4. The summed E-state index contributed by atoms with van der Waals surface area (Å²) in [5.41, 5.74) is 0.263. The first-order valence-electron chi connectivity index (χ1n) is 12.3. The van der Waals surface area contributed by atoms with Gasteiger partial charge in [-0.3, -0.25) is 14.4 Å². The lowest BCUT2D eigenvalue weighted by Gasteiger charge is -2.45. The van der Waals surface area contributed by atoms with Gasteiger partial charge in [0.1, 0.15) is 0 Å². The molecule has 0 unspecified atom stereocenters. The highest BCUT2D eigenvalue weighted by molar-refractivity contribution is 6.90. The van der Waals surface area contributed by atoms with Crippen LogP contribution in [0.25, 0.3) is 0 Å². The van der Waals surface area contributed by atoms with Crippen molar-refractivity contribution in [3.05, 3.63) is 12.2 Å². The number of rotatable bonds is 20. The maximum absolute atomic E-state index is 11.9.